The quantitative estimate of drug-likeness (QED) is 0.299. The summed E-state index contributed by atoms with van der Waals surface area (Å²) in [6.45, 7) is 5.05. The lowest BCUT2D eigenvalue weighted by Crippen LogP contribution is -2.09. The second kappa shape index (κ2) is 8.43. The topological polar surface area (TPSA) is 62.3 Å². The Morgan fingerprint density at radius 2 is 1.79 bits per heavy atom. The molecule has 0 fully saturated rings. The van der Waals surface area contributed by atoms with Crippen LogP contribution in [0.5, 0.6) is 5.75 Å². The highest BCUT2D eigenvalue weighted by molar-refractivity contribution is 6.02. The van der Waals surface area contributed by atoms with Gasteiger partial charge in [0.25, 0.3) is 0 Å². The number of benzene rings is 3. The van der Waals surface area contributed by atoms with Gasteiger partial charge in [-0.1, -0.05) is 74.5 Å². The Hall–Kier alpha value is -3.53. The number of ether oxygens (including phenoxy) is 1. The van der Waals surface area contributed by atoms with Crippen LogP contribution >= 0.6 is 0 Å². The van der Waals surface area contributed by atoms with Crippen LogP contribution in [0.25, 0.3) is 27.2 Å². The van der Waals surface area contributed by atoms with Crippen molar-refractivity contribution in [1.29, 1.82) is 0 Å². The predicted molar refractivity (Wildman–Crippen MR) is 134 cm³/mol. The number of carbonyl (C=O) groups is 1. The van der Waals surface area contributed by atoms with Crippen LogP contribution in [-0.4, -0.2) is 22.7 Å². The van der Waals surface area contributed by atoms with E-state index in [1.165, 1.54) is 5.57 Å². The van der Waals surface area contributed by atoms with E-state index in [2.05, 4.69) is 49.2 Å². The van der Waals surface area contributed by atoms with Gasteiger partial charge in [0.2, 0.25) is 0 Å². The van der Waals surface area contributed by atoms with E-state index in [1.807, 2.05) is 36.4 Å². The number of aromatic amines is 1. The van der Waals surface area contributed by atoms with Crippen molar-refractivity contribution in [2.45, 2.75) is 39.5 Å². The molecule has 3 aromatic carbocycles. The number of allylic oxidation sites excluding steroid dienone is 2. The zero-order valence-electron chi connectivity index (χ0n) is 19.2. The fourth-order valence-corrected chi connectivity index (χ4v) is 5.16. The Kier molecular flexibility index (Phi) is 5.45. The Bertz CT molecular complexity index is 1370. The average Bonchev–Trinajstić information content (AvgIpc) is 3.36. The molecule has 5 rings (SSSR count). The molecule has 4 heteroatoms. The van der Waals surface area contributed by atoms with E-state index in [-0.39, 0.29) is 5.41 Å². The van der Waals surface area contributed by atoms with Gasteiger partial charge in [0.05, 0.1) is 12.1 Å². The van der Waals surface area contributed by atoms with Crippen LogP contribution in [0.2, 0.25) is 0 Å². The van der Waals surface area contributed by atoms with E-state index in [0.29, 0.717) is 18.7 Å². The molecular formula is C29H29NO3. The number of hydrogen-bond acceptors (Lipinski definition) is 2. The van der Waals surface area contributed by atoms with Crippen molar-refractivity contribution in [2.75, 3.05) is 6.61 Å². The van der Waals surface area contributed by atoms with Gasteiger partial charge in [-0.25, -0.2) is 4.79 Å². The van der Waals surface area contributed by atoms with E-state index in [1.54, 1.807) is 0 Å². The molecule has 0 saturated heterocycles. The van der Waals surface area contributed by atoms with Crippen LogP contribution in [0, 0.1) is 5.41 Å². The van der Waals surface area contributed by atoms with Gasteiger partial charge in [0, 0.05) is 16.3 Å². The van der Waals surface area contributed by atoms with Gasteiger partial charge in [-0.15, -0.1) is 0 Å². The number of carboxylic acids is 1. The minimum absolute atomic E-state index is 0.0925. The van der Waals surface area contributed by atoms with Crippen molar-refractivity contribution in [1.82, 2.24) is 4.98 Å². The van der Waals surface area contributed by atoms with Crippen LogP contribution in [0.1, 0.15) is 54.7 Å². The summed E-state index contributed by atoms with van der Waals surface area (Å²) in [6, 6.07) is 20.4. The zero-order chi connectivity index (χ0) is 23.0. The molecule has 0 radical (unpaired) electrons. The van der Waals surface area contributed by atoms with E-state index in [0.717, 1.165) is 57.8 Å². The van der Waals surface area contributed by atoms with Crippen molar-refractivity contribution >= 4 is 33.2 Å². The number of fused-ring (bicyclic) bond motifs is 2. The highest BCUT2D eigenvalue weighted by Crippen LogP contribution is 2.46. The van der Waals surface area contributed by atoms with Crippen molar-refractivity contribution < 1.29 is 14.6 Å². The third-order valence-electron chi connectivity index (χ3n) is 6.87. The smallest absolute Gasteiger partial charge is 0.352 e. The minimum Gasteiger partial charge on any atom is -0.493 e. The highest BCUT2D eigenvalue weighted by atomic mass is 16.5. The fraction of sp³-hybridized carbons (Fsp3) is 0.276. The van der Waals surface area contributed by atoms with E-state index < -0.39 is 5.97 Å². The average molecular weight is 440 g/mol. The van der Waals surface area contributed by atoms with Crippen molar-refractivity contribution in [2.24, 2.45) is 5.41 Å². The largest absolute Gasteiger partial charge is 0.493 e. The lowest BCUT2D eigenvalue weighted by molar-refractivity contribution is 0.0690. The first-order valence-electron chi connectivity index (χ1n) is 11.6. The normalized spacial score (nSPS) is 15.2. The third-order valence-corrected chi connectivity index (χ3v) is 6.87. The van der Waals surface area contributed by atoms with Crippen LogP contribution in [0.3, 0.4) is 0 Å². The van der Waals surface area contributed by atoms with Crippen molar-refractivity contribution in [3.05, 3.63) is 83.6 Å². The number of aromatic carboxylic acids is 1. The number of para-hydroxylation sites is 1. The molecule has 1 aliphatic carbocycles. The molecule has 0 saturated carbocycles. The standard InChI is InChI=1S/C29H29NO3/c1-29(2)17-7-15-24(29)23-13-6-12-21-22(27(28(31)32)30-26(21)23)14-8-18-33-25-16-5-10-19-9-3-4-11-20(19)25/h3-6,9-13,15-16,30H,7-8,14,17-18H2,1-2H3,(H,31,32). The zero-order valence-corrected chi connectivity index (χ0v) is 19.2. The van der Waals surface area contributed by atoms with Crippen molar-refractivity contribution in [3.8, 4) is 5.75 Å². The molecule has 1 aliphatic rings. The maximum absolute atomic E-state index is 12.1. The summed E-state index contributed by atoms with van der Waals surface area (Å²) >= 11 is 0. The summed E-state index contributed by atoms with van der Waals surface area (Å²) in [5.41, 5.74) is 4.60. The molecule has 1 heterocycles. The summed E-state index contributed by atoms with van der Waals surface area (Å²) < 4.78 is 6.10. The predicted octanol–water partition coefficient (Wildman–Crippen LogP) is 7.23. The van der Waals surface area contributed by atoms with Gasteiger partial charge in [-0.3, -0.25) is 0 Å². The molecule has 2 N–H and O–H groups in total. The van der Waals surface area contributed by atoms with Crippen molar-refractivity contribution in [3.63, 3.8) is 0 Å². The third kappa shape index (κ3) is 3.91. The SMILES string of the molecule is CC1(C)CCC=C1c1cccc2c(CCCOc3cccc4ccccc34)c(C(=O)O)[nH]c12. The molecule has 0 bridgehead atoms. The first-order chi connectivity index (χ1) is 16.0. The molecule has 168 valence electrons. The van der Waals surface area contributed by atoms with Crippen LogP contribution in [0.4, 0.5) is 0 Å². The van der Waals surface area contributed by atoms with Gasteiger partial charge < -0.3 is 14.8 Å². The summed E-state index contributed by atoms with van der Waals surface area (Å²) in [6.07, 6.45) is 5.84. The maximum atomic E-state index is 12.1. The monoisotopic (exact) mass is 439 g/mol. The van der Waals surface area contributed by atoms with Gasteiger partial charge in [0.15, 0.2) is 0 Å². The van der Waals surface area contributed by atoms with Gasteiger partial charge in [-0.05, 0) is 53.7 Å². The molecule has 33 heavy (non-hydrogen) atoms. The summed E-state index contributed by atoms with van der Waals surface area (Å²) in [5.74, 6) is -0.0510. The highest BCUT2D eigenvalue weighted by Gasteiger charge is 2.30. The summed E-state index contributed by atoms with van der Waals surface area (Å²) in [7, 11) is 0. The lowest BCUT2D eigenvalue weighted by atomic mass is 9.81. The molecule has 0 amide bonds. The molecule has 0 spiro atoms. The number of aryl methyl sites for hydroxylation is 1. The Morgan fingerprint density at radius 3 is 2.58 bits per heavy atom. The summed E-state index contributed by atoms with van der Waals surface area (Å²) in [5, 5.41) is 13.1. The number of hydrogen-bond donors (Lipinski definition) is 2. The second-order valence-electron chi connectivity index (χ2n) is 9.48. The van der Waals surface area contributed by atoms with Gasteiger partial charge in [0.1, 0.15) is 11.4 Å². The number of H-pyrrole nitrogens is 1. The minimum atomic E-state index is -0.915. The first kappa shape index (κ1) is 21.3. The van der Waals surface area contributed by atoms with Crippen LogP contribution in [-0.2, 0) is 6.42 Å². The van der Waals surface area contributed by atoms with E-state index in [4.69, 9.17) is 4.74 Å². The Labute approximate surface area is 193 Å². The molecule has 0 atom stereocenters. The molecule has 0 unspecified atom stereocenters. The fourth-order valence-electron chi connectivity index (χ4n) is 5.16. The van der Waals surface area contributed by atoms with Crippen LogP contribution in [0.15, 0.2) is 66.7 Å². The molecule has 4 nitrogen and oxygen atoms in total. The van der Waals surface area contributed by atoms with Crippen LogP contribution < -0.4 is 4.74 Å². The molecule has 4 aromatic rings. The molecule has 0 aliphatic heterocycles. The lowest BCUT2D eigenvalue weighted by Gasteiger charge is -2.23. The van der Waals surface area contributed by atoms with Gasteiger partial charge >= 0.3 is 5.97 Å². The maximum Gasteiger partial charge on any atom is 0.352 e. The van der Waals surface area contributed by atoms with E-state index >= 15 is 0 Å². The first-order valence-corrected chi connectivity index (χ1v) is 11.6. The van der Waals surface area contributed by atoms with E-state index in [9.17, 15) is 9.90 Å². The number of nitrogens with one attached hydrogen (secondary N) is 1. The number of aromatic nitrogens is 1. The Morgan fingerprint density at radius 1 is 1.03 bits per heavy atom. The summed E-state index contributed by atoms with van der Waals surface area (Å²) in [4.78, 5) is 15.3. The van der Waals surface area contributed by atoms with Gasteiger partial charge in [-0.2, -0.15) is 0 Å². The number of carboxylic acid groups (broad SMARTS) is 1. The molecule has 1 aromatic heterocycles. The Balaban J connectivity index is 1.40. The molecular weight excluding hydrogens is 410 g/mol. The second-order valence-corrected chi connectivity index (χ2v) is 9.48. The number of rotatable bonds is 7.